The lowest BCUT2D eigenvalue weighted by atomic mass is 10.1. The highest BCUT2D eigenvalue weighted by Crippen LogP contribution is 2.11. The van der Waals surface area contributed by atoms with Gasteiger partial charge in [0, 0.05) is 26.2 Å². The van der Waals surface area contributed by atoms with Crippen LogP contribution in [0.4, 0.5) is 4.79 Å². The molecular formula is C13H27N3O. The van der Waals surface area contributed by atoms with E-state index in [9.17, 15) is 4.79 Å². The van der Waals surface area contributed by atoms with Gasteiger partial charge in [-0.3, -0.25) is 0 Å². The summed E-state index contributed by atoms with van der Waals surface area (Å²) in [6.45, 7) is 6.71. The van der Waals surface area contributed by atoms with Gasteiger partial charge in [0.15, 0.2) is 0 Å². The molecule has 1 aliphatic heterocycles. The zero-order valence-corrected chi connectivity index (χ0v) is 11.6. The third-order valence-electron chi connectivity index (χ3n) is 3.31. The fourth-order valence-corrected chi connectivity index (χ4v) is 2.25. The van der Waals surface area contributed by atoms with Gasteiger partial charge in [-0.1, -0.05) is 0 Å². The largest absolute Gasteiger partial charge is 0.325 e. The summed E-state index contributed by atoms with van der Waals surface area (Å²) in [5, 5.41) is 0. The molecule has 4 heteroatoms. The Morgan fingerprint density at radius 1 is 1.12 bits per heavy atom. The zero-order chi connectivity index (χ0) is 12.7. The van der Waals surface area contributed by atoms with Gasteiger partial charge in [-0.25, -0.2) is 4.79 Å². The van der Waals surface area contributed by atoms with E-state index in [0.29, 0.717) is 0 Å². The number of likely N-dealkylation sites (tertiary alicyclic amines) is 1. The molecule has 0 aromatic heterocycles. The van der Waals surface area contributed by atoms with E-state index >= 15 is 0 Å². The molecule has 4 nitrogen and oxygen atoms in total. The average Bonchev–Trinajstić information content (AvgIpc) is 2.34. The molecule has 1 fully saturated rings. The third kappa shape index (κ3) is 4.94. The standard InChI is InChI=1S/C13H27N3O/c1-4-15(12-8-9-14(2)3)13(17)16-10-6-5-7-11-16/h4-12H2,1-3H3. The Bertz CT molecular complexity index is 225. The molecule has 1 rings (SSSR count). The van der Waals surface area contributed by atoms with Gasteiger partial charge >= 0.3 is 6.03 Å². The lowest BCUT2D eigenvalue weighted by Crippen LogP contribution is -2.46. The van der Waals surface area contributed by atoms with Crippen LogP contribution in [0.25, 0.3) is 0 Å². The van der Waals surface area contributed by atoms with Crippen LogP contribution in [0, 0.1) is 0 Å². The van der Waals surface area contributed by atoms with Crippen LogP contribution in [0.15, 0.2) is 0 Å². The van der Waals surface area contributed by atoms with E-state index < -0.39 is 0 Å². The van der Waals surface area contributed by atoms with Gasteiger partial charge in [-0.15, -0.1) is 0 Å². The predicted octanol–water partition coefficient (Wildman–Crippen LogP) is 1.87. The van der Waals surface area contributed by atoms with E-state index in [1.54, 1.807) is 0 Å². The first-order valence-corrected chi connectivity index (χ1v) is 6.83. The molecule has 0 N–H and O–H groups in total. The molecular weight excluding hydrogens is 214 g/mol. The Balaban J connectivity index is 2.34. The summed E-state index contributed by atoms with van der Waals surface area (Å²) < 4.78 is 0. The molecule has 0 bridgehead atoms. The number of carbonyl (C=O) groups is 1. The Morgan fingerprint density at radius 3 is 2.29 bits per heavy atom. The van der Waals surface area contributed by atoms with Crippen molar-refractivity contribution in [2.24, 2.45) is 0 Å². The monoisotopic (exact) mass is 241 g/mol. The quantitative estimate of drug-likeness (QED) is 0.734. The van der Waals surface area contributed by atoms with Crippen molar-refractivity contribution in [2.75, 3.05) is 46.8 Å². The minimum absolute atomic E-state index is 0.242. The van der Waals surface area contributed by atoms with E-state index in [0.717, 1.165) is 39.1 Å². The lowest BCUT2D eigenvalue weighted by Gasteiger charge is -2.32. The van der Waals surface area contributed by atoms with Crippen molar-refractivity contribution in [3.05, 3.63) is 0 Å². The molecule has 0 spiro atoms. The summed E-state index contributed by atoms with van der Waals surface area (Å²) in [6, 6.07) is 0.242. The number of amides is 2. The highest BCUT2D eigenvalue weighted by molar-refractivity contribution is 5.74. The molecule has 0 saturated carbocycles. The topological polar surface area (TPSA) is 26.8 Å². The normalized spacial score (nSPS) is 16.4. The Kier molecular flexibility index (Phi) is 6.34. The van der Waals surface area contributed by atoms with E-state index in [-0.39, 0.29) is 6.03 Å². The van der Waals surface area contributed by atoms with E-state index in [4.69, 9.17) is 0 Å². The van der Waals surface area contributed by atoms with Gasteiger partial charge in [-0.2, -0.15) is 0 Å². The summed E-state index contributed by atoms with van der Waals surface area (Å²) in [4.78, 5) is 18.4. The van der Waals surface area contributed by atoms with Crippen LogP contribution in [0.5, 0.6) is 0 Å². The number of carbonyl (C=O) groups excluding carboxylic acids is 1. The van der Waals surface area contributed by atoms with Crippen LogP contribution in [-0.4, -0.2) is 67.5 Å². The van der Waals surface area contributed by atoms with Crippen LogP contribution in [0.1, 0.15) is 32.6 Å². The van der Waals surface area contributed by atoms with Gasteiger partial charge in [0.1, 0.15) is 0 Å². The summed E-state index contributed by atoms with van der Waals surface area (Å²) in [5.41, 5.74) is 0. The first-order chi connectivity index (χ1) is 8.15. The molecule has 1 aliphatic rings. The van der Waals surface area contributed by atoms with Crippen molar-refractivity contribution in [1.29, 1.82) is 0 Å². The zero-order valence-electron chi connectivity index (χ0n) is 11.6. The van der Waals surface area contributed by atoms with Crippen molar-refractivity contribution in [3.63, 3.8) is 0 Å². The van der Waals surface area contributed by atoms with Gasteiger partial charge < -0.3 is 14.7 Å². The van der Waals surface area contributed by atoms with Crippen LogP contribution in [0.2, 0.25) is 0 Å². The molecule has 0 aromatic carbocycles. The molecule has 100 valence electrons. The molecule has 2 amide bonds. The van der Waals surface area contributed by atoms with Gasteiger partial charge in [-0.05, 0) is 53.2 Å². The maximum Gasteiger partial charge on any atom is 0.319 e. The highest BCUT2D eigenvalue weighted by atomic mass is 16.2. The second kappa shape index (κ2) is 7.54. The fourth-order valence-electron chi connectivity index (χ4n) is 2.25. The van der Waals surface area contributed by atoms with E-state index in [2.05, 4.69) is 25.9 Å². The minimum Gasteiger partial charge on any atom is -0.325 e. The molecule has 0 radical (unpaired) electrons. The van der Waals surface area contributed by atoms with Crippen LogP contribution in [0.3, 0.4) is 0 Å². The number of rotatable bonds is 5. The van der Waals surface area contributed by atoms with Crippen molar-refractivity contribution < 1.29 is 4.79 Å². The Morgan fingerprint density at radius 2 is 1.76 bits per heavy atom. The van der Waals surface area contributed by atoms with Crippen LogP contribution in [-0.2, 0) is 0 Å². The van der Waals surface area contributed by atoms with Gasteiger partial charge in [0.2, 0.25) is 0 Å². The SMILES string of the molecule is CCN(CCCN(C)C)C(=O)N1CCCCC1. The lowest BCUT2D eigenvalue weighted by molar-refractivity contribution is 0.144. The molecule has 1 heterocycles. The van der Waals surface area contributed by atoms with Crippen LogP contribution < -0.4 is 0 Å². The predicted molar refractivity (Wildman–Crippen MR) is 71.2 cm³/mol. The van der Waals surface area contributed by atoms with Crippen molar-refractivity contribution in [1.82, 2.24) is 14.7 Å². The van der Waals surface area contributed by atoms with E-state index in [1.165, 1.54) is 19.3 Å². The molecule has 0 unspecified atom stereocenters. The van der Waals surface area contributed by atoms with Crippen molar-refractivity contribution in [2.45, 2.75) is 32.6 Å². The maximum atomic E-state index is 12.2. The molecule has 17 heavy (non-hydrogen) atoms. The average molecular weight is 241 g/mol. The molecule has 0 atom stereocenters. The molecule has 1 saturated heterocycles. The summed E-state index contributed by atoms with van der Waals surface area (Å²) >= 11 is 0. The number of piperidine rings is 1. The smallest absolute Gasteiger partial charge is 0.319 e. The molecule has 0 aromatic rings. The first-order valence-electron chi connectivity index (χ1n) is 6.83. The number of nitrogens with zero attached hydrogens (tertiary/aromatic N) is 3. The number of hydrogen-bond acceptors (Lipinski definition) is 2. The fraction of sp³-hybridized carbons (Fsp3) is 0.923. The Labute approximate surface area is 106 Å². The second-order valence-electron chi connectivity index (χ2n) is 5.07. The third-order valence-corrected chi connectivity index (χ3v) is 3.31. The van der Waals surface area contributed by atoms with Crippen molar-refractivity contribution >= 4 is 6.03 Å². The van der Waals surface area contributed by atoms with Gasteiger partial charge in [0.05, 0.1) is 0 Å². The number of hydrogen-bond donors (Lipinski definition) is 0. The first kappa shape index (κ1) is 14.3. The highest BCUT2D eigenvalue weighted by Gasteiger charge is 2.20. The summed E-state index contributed by atoms with van der Waals surface area (Å²) in [6.07, 6.45) is 4.67. The summed E-state index contributed by atoms with van der Waals surface area (Å²) in [7, 11) is 4.14. The second-order valence-corrected chi connectivity index (χ2v) is 5.07. The van der Waals surface area contributed by atoms with E-state index in [1.807, 2.05) is 9.80 Å². The molecule has 0 aliphatic carbocycles. The minimum atomic E-state index is 0.242. The van der Waals surface area contributed by atoms with Crippen LogP contribution >= 0.6 is 0 Å². The number of urea groups is 1. The Hall–Kier alpha value is -0.770. The van der Waals surface area contributed by atoms with Crippen molar-refractivity contribution in [3.8, 4) is 0 Å². The van der Waals surface area contributed by atoms with Gasteiger partial charge in [0.25, 0.3) is 0 Å². The maximum absolute atomic E-state index is 12.2. The summed E-state index contributed by atoms with van der Waals surface area (Å²) in [5.74, 6) is 0.